The number of nitrogens with zero attached hydrogens (tertiary/aromatic N) is 4. The molecule has 1 N–H and O–H groups in total. The average molecular weight is 447 g/mol. The van der Waals surface area contributed by atoms with Crippen LogP contribution in [0.4, 0.5) is 9.52 Å². The molecule has 154 valence electrons. The minimum absolute atomic E-state index is 0.244. The number of hydrogen-bond donors (Lipinski definition) is 1. The van der Waals surface area contributed by atoms with Crippen LogP contribution in [0, 0.1) is 12.7 Å². The standard InChI is InChI=1S/C18H14FN5O4S2/c1-10-6-14-20-12(7-16(26)24(14)28-10)9-29-18-23-22-17(30-18)21-15(25)8-27-13-4-2-11(19)3-5-13/h2-7H,8-9H2,1H3,(H,21,22,25). The normalized spacial score (nSPS) is 11.0. The fourth-order valence-electron chi connectivity index (χ4n) is 2.44. The van der Waals surface area contributed by atoms with E-state index < -0.39 is 5.91 Å². The number of carbonyl (C=O) groups excluding carboxylic acids is 1. The van der Waals surface area contributed by atoms with E-state index in [9.17, 15) is 14.0 Å². The Balaban J connectivity index is 1.31. The van der Waals surface area contributed by atoms with Gasteiger partial charge in [0.25, 0.3) is 11.5 Å². The number of thioether (sulfide) groups is 1. The first kappa shape index (κ1) is 20.0. The van der Waals surface area contributed by atoms with Crippen molar-refractivity contribution in [3.05, 3.63) is 64.0 Å². The third kappa shape index (κ3) is 4.83. The van der Waals surface area contributed by atoms with E-state index in [2.05, 4.69) is 20.5 Å². The van der Waals surface area contributed by atoms with Gasteiger partial charge in [-0.05, 0) is 31.2 Å². The van der Waals surface area contributed by atoms with E-state index in [1.807, 2.05) is 0 Å². The molecule has 1 amide bonds. The van der Waals surface area contributed by atoms with Gasteiger partial charge in [-0.3, -0.25) is 14.9 Å². The van der Waals surface area contributed by atoms with E-state index in [0.29, 0.717) is 38.1 Å². The number of rotatable bonds is 7. The number of aryl methyl sites for hydroxylation is 1. The Kier molecular flexibility index (Phi) is 5.77. The molecular weight excluding hydrogens is 433 g/mol. The molecule has 0 aliphatic carbocycles. The van der Waals surface area contributed by atoms with Gasteiger partial charge in [-0.15, -0.1) is 14.8 Å². The number of hydrogen-bond acceptors (Lipinski definition) is 9. The van der Waals surface area contributed by atoms with Gasteiger partial charge in [0.2, 0.25) is 5.13 Å². The summed E-state index contributed by atoms with van der Waals surface area (Å²) in [4.78, 5) is 28.4. The van der Waals surface area contributed by atoms with Gasteiger partial charge >= 0.3 is 0 Å². The summed E-state index contributed by atoms with van der Waals surface area (Å²) in [6.45, 7) is 1.50. The number of ether oxygens (including phenoxy) is 1. The number of aromatic nitrogens is 4. The lowest BCUT2D eigenvalue weighted by atomic mass is 10.3. The molecule has 0 saturated heterocycles. The summed E-state index contributed by atoms with van der Waals surface area (Å²) >= 11 is 2.53. The van der Waals surface area contributed by atoms with Gasteiger partial charge in [-0.2, -0.15) is 0 Å². The first-order valence-electron chi connectivity index (χ1n) is 8.60. The Morgan fingerprint density at radius 2 is 2.10 bits per heavy atom. The predicted octanol–water partition coefficient (Wildman–Crippen LogP) is 2.90. The maximum Gasteiger partial charge on any atom is 0.287 e. The van der Waals surface area contributed by atoms with Crippen LogP contribution in [0.15, 0.2) is 50.1 Å². The highest BCUT2D eigenvalue weighted by molar-refractivity contribution is 8.00. The van der Waals surface area contributed by atoms with Crippen LogP contribution >= 0.6 is 23.1 Å². The zero-order valence-corrected chi connectivity index (χ0v) is 17.1. The van der Waals surface area contributed by atoms with E-state index in [4.69, 9.17) is 9.26 Å². The second-order valence-corrected chi connectivity index (χ2v) is 8.24. The highest BCUT2D eigenvalue weighted by Gasteiger charge is 2.11. The fraction of sp³-hybridized carbons (Fsp3) is 0.167. The summed E-state index contributed by atoms with van der Waals surface area (Å²) < 4.78 is 25.1. The molecule has 12 heteroatoms. The van der Waals surface area contributed by atoms with Crippen molar-refractivity contribution in [2.45, 2.75) is 17.0 Å². The lowest BCUT2D eigenvalue weighted by Crippen LogP contribution is -2.20. The van der Waals surface area contributed by atoms with Crippen molar-refractivity contribution in [1.82, 2.24) is 19.8 Å². The Bertz CT molecular complexity index is 1250. The van der Waals surface area contributed by atoms with Crippen LogP contribution in [0.1, 0.15) is 11.5 Å². The molecule has 0 radical (unpaired) electrons. The van der Waals surface area contributed by atoms with Crippen molar-refractivity contribution < 1.29 is 18.4 Å². The zero-order valence-electron chi connectivity index (χ0n) is 15.5. The van der Waals surface area contributed by atoms with Crippen LogP contribution in [-0.2, 0) is 10.5 Å². The van der Waals surface area contributed by atoms with Crippen molar-refractivity contribution in [3.63, 3.8) is 0 Å². The molecule has 0 spiro atoms. The second-order valence-electron chi connectivity index (χ2n) is 6.04. The lowest BCUT2D eigenvalue weighted by Gasteiger charge is -2.05. The molecule has 4 rings (SSSR count). The maximum atomic E-state index is 12.9. The molecule has 0 fully saturated rings. The monoisotopic (exact) mass is 447 g/mol. The van der Waals surface area contributed by atoms with Gasteiger partial charge in [0.1, 0.15) is 17.3 Å². The smallest absolute Gasteiger partial charge is 0.287 e. The maximum absolute atomic E-state index is 12.9. The summed E-state index contributed by atoms with van der Waals surface area (Å²) in [5.41, 5.74) is 0.733. The molecule has 1 aromatic carbocycles. The first-order chi connectivity index (χ1) is 14.5. The molecule has 0 aliphatic rings. The van der Waals surface area contributed by atoms with E-state index >= 15 is 0 Å². The van der Waals surface area contributed by atoms with Crippen LogP contribution in [0.25, 0.3) is 5.65 Å². The van der Waals surface area contributed by atoms with Crippen molar-refractivity contribution in [2.24, 2.45) is 0 Å². The Morgan fingerprint density at radius 1 is 1.30 bits per heavy atom. The van der Waals surface area contributed by atoms with Crippen molar-refractivity contribution in [3.8, 4) is 5.75 Å². The molecule has 0 aliphatic heterocycles. The van der Waals surface area contributed by atoms with E-state index in [1.54, 1.807) is 13.0 Å². The minimum atomic E-state index is -0.414. The molecule has 9 nitrogen and oxygen atoms in total. The van der Waals surface area contributed by atoms with Crippen LogP contribution in [0.2, 0.25) is 0 Å². The number of benzene rings is 1. The number of nitrogens with one attached hydrogen (secondary N) is 1. The van der Waals surface area contributed by atoms with Crippen LogP contribution < -0.4 is 15.6 Å². The highest BCUT2D eigenvalue weighted by Crippen LogP contribution is 2.27. The molecule has 30 heavy (non-hydrogen) atoms. The summed E-state index contributed by atoms with van der Waals surface area (Å²) in [7, 11) is 0. The minimum Gasteiger partial charge on any atom is -0.484 e. The number of halogens is 1. The van der Waals surface area contributed by atoms with E-state index in [-0.39, 0.29) is 18.0 Å². The molecule has 0 saturated carbocycles. The van der Waals surface area contributed by atoms with Gasteiger partial charge in [-0.1, -0.05) is 23.1 Å². The molecule has 4 aromatic rings. The lowest BCUT2D eigenvalue weighted by molar-refractivity contribution is -0.118. The van der Waals surface area contributed by atoms with Gasteiger partial charge in [0.05, 0.1) is 5.69 Å². The summed E-state index contributed by atoms with van der Waals surface area (Å²) in [6.07, 6.45) is 0. The molecule has 3 heterocycles. The second kappa shape index (κ2) is 8.63. The Hall–Kier alpha value is -3.25. The summed E-state index contributed by atoms with van der Waals surface area (Å²) in [5.74, 6) is 0.589. The van der Waals surface area contributed by atoms with E-state index in [1.165, 1.54) is 53.4 Å². The molecule has 3 aromatic heterocycles. The van der Waals surface area contributed by atoms with Crippen LogP contribution in [-0.4, -0.2) is 32.3 Å². The first-order valence-corrected chi connectivity index (χ1v) is 10.4. The third-order valence-electron chi connectivity index (χ3n) is 3.70. The predicted molar refractivity (Wildman–Crippen MR) is 108 cm³/mol. The Labute approximate surface area is 176 Å². The van der Waals surface area contributed by atoms with Gasteiger partial charge in [0, 0.05) is 17.9 Å². The summed E-state index contributed by atoms with van der Waals surface area (Å²) in [6, 6.07) is 8.45. The summed E-state index contributed by atoms with van der Waals surface area (Å²) in [5, 5.41) is 10.8. The van der Waals surface area contributed by atoms with Crippen LogP contribution in [0.5, 0.6) is 5.75 Å². The third-order valence-corrected chi connectivity index (χ3v) is 5.71. The molecule has 0 unspecified atom stereocenters. The Morgan fingerprint density at radius 3 is 2.90 bits per heavy atom. The molecule has 0 bridgehead atoms. The van der Waals surface area contributed by atoms with Gasteiger partial charge in [0.15, 0.2) is 16.6 Å². The number of anilines is 1. The van der Waals surface area contributed by atoms with Crippen LogP contribution in [0.3, 0.4) is 0 Å². The number of carbonyl (C=O) groups is 1. The highest BCUT2D eigenvalue weighted by atomic mass is 32.2. The van der Waals surface area contributed by atoms with Gasteiger partial charge < -0.3 is 9.26 Å². The largest absolute Gasteiger partial charge is 0.484 e. The molecular formula is C18H14FN5O4S2. The van der Waals surface area contributed by atoms with Crippen molar-refractivity contribution in [2.75, 3.05) is 11.9 Å². The van der Waals surface area contributed by atoms with Crippen molar-refractivity contribution >= 4 is 39.8 Å². The van der Waals surface area contributed by atoms with Crippen molar-refractivity contribution in [1.29, 1.82) is 0 Å². The SMILES string of the molecule is Cc1cc2nc(CSc3nnc(NC(=O)COc4ccc(F)cc4)s3)cc(=O)n2o1. The fourth-order valence-corrected chi connectivity index (χ4v) is 4.10. The quantitative estimate of drug-likeness (QED) is 0.340. The number of amides is 1. The molecule has 0 atom stereocenters. The van der Waals surface area contributed by atoms with E-state index in [0.717, 1.165) is 4.57 Å². The topological polar surface area (TPSA) is 112 Å². The van der Waals surface area contributed by atoms with Gasteiger partial charge in [-0.25, -0.2) is 9.37 Å². The average Bonchev–Trinajstić information content (AvgIpc) is 3.32. The number of fused-ring (bicyclic) bond motifs is 1. The zero-order chi connectivity index (χ0) is 21.1.